The van der Waals surface area contributed by atoms with Crippen LogP contribution in [0, 0.1) is 0 Å². The Morgan fingerprint density at radius 2 is 1.62 bits per heavy atom. The molecule has 1 aromatic heterocycles. The summed E-state index contributed by atoms with van der Waals surface area (Å²) in [4.78, 5) is 9.13. The Labute approximate surface area is 158 Å². The molecule has 134 valence electrons. The quantitative estimate of drug-likeness (QED) is 0.758. The van der Waals surface area contributed by atoms with Crippen molar-refractivity contribution in [1.82, 2.24) is 14.8 Å². The van der Waals surface area contributed by atoms with Crippen LogP contribution in [0.25, 0.3) is 10.9 Å². The molecule has 1 N–H and O–H groups in total. The molecule has 2 heterocycles. The van der Waals surface area contributed by atoms with Gasteiger partial charge in [0.1, 0.15) is 11.3 Å². The first kappa shape index (κ1) is 17.3. The monoisotopic (exact) mass is 367 g/mol. The highest BCUT2D eigenvalue weighted by Gasteiger charge is 2.19. The summed E-state index contributed by atoms with van der Waals surface area (Å²) in [5.41, 5.74) is 2.78. The van der Waals surface area contributed by atoms with Gasteiger partial charge in [-0.1, -0.05) is 41.9 Å². The SMILES string of the molecule is Oc1c(CN2CCN(Cc3ccccc3)CC2)cc(Cl)c2cccnc12. The summed E-state index contributed by atoms with van der Waals surface area (Å²) in [6, 6.07) is 16.2. The molecule has 0 bridgehead atoms. The van der Waals surface area contributed by atoms with Crippen LogP contribution in [0.3, 0.4) is 0 Å². The van der Waals surface area contributed by atoms with E-state index in [9.17, 15) is 5.11 Å². The van der Waals surface area contributed by atoms with E-state index in [-0.39, 0.29) is 5.75 Å². The topological polar surface area (TPSA) is 39.6 Å². The van der Waals surface area contributed by atoms with Gasteiger partial charge < -0.3 is 5.11 Å². The second-order valence-corrected chi connectivity index (χ2v) is 7.21. The van der Waals surface area contributed by atoms with Gasteiger partial charge in [0.2, 0.25) is 0 Å². The smallest absolute Gasteiger partial charge is 0.146 e. The van der Waals surface area contributed by atoms with Gasteiger partial charge in [-0.25, -0.2) is 0 Å². The minimum Gasteiger partial charge on any atom is -0.505 e. The lowest BCUT2D eigenvalue weighted by atomic mass is 10.1. The Hall–Kier alpha value is -2.14. The lowest BCUT2D eigenvalue weighted by Crippen LogP contribution is -2.45. The number of halogens is 1. The molecule has 26 heavy (non-hydrogen) atoms. The minimum absolute atomic E-state index is 0.247. The highest BCUT2D eigenvalue weighted by atomic mass is 35.5. The van der Waals surface area contributed by atoms with E-state index in [1.807, 2.05) is 18.2 Å². The predicted molar refractivity (Wildman–Crippen MR) is 105 cm³/mol. The summed E-state index contributed by atoms with van der Waals surface area (Å²) in [7, 11) is 0. The van der Waals surface area contributed by atoms with Gasteiger partial charge in [0.15, 0.2) is 0 Å². The van der Waals surface area contributed by atoms with Crippen LogP contribution in [-0.4, -0.2) is 46.1 Å². The predicted octanol–water partition coefficient (Wildman–Crippen LogP) is 3.91. The molecule has 0 atom stereocenters. The molecule has 0 amide bonds. The van der Waals surface area contributed by atoms with E-state index in [0.29, 0.717) is 17.1 Å². The van der Waals surface area contributed by atoms with Crippen molar-refractivity contribution in [2.24, 2.45) is 0 Å². The fourth-order valence-electron chi connectivity index (χ4n) is 3.55. The van der Waals surface area contributed by atoms with Crippen LogP contribution in [0.4, 0.5) is 0 Å². The summed E-state index contributed by atoms with van der Waals surface area (Å²) in [6.45, 7) is 5.68. The first-order valence-electron chi connectivity index (χ1n) is 8.94. The van der Waals surface area contributed by atoms with Gasteiger partial charge in [0, 0.05) is 56.4 Å². The molecule has 0 spiro atoms. The number of phenolic OH excluding ortho intramolecular Hbond substituents is 1. The van der Waals surface area contributed by atoms with Crippen LogP contribution < -0.4 is 0 Å². The third-order valence-electron chi connectivity index (χ3n) is 5.00. The van der Waals surface area contributed by atoms with Gasteiger partial charge in [-0.15, -0.1) is 0 Å². The molecule has 1 aliphatic rings. The number of benzene rings is 2. The Kier molecular flexibility index (Phi) is 5.07. The van der Waals surface area contributed by atoms with Crippen LogP contribution in [-0.2, 0) is 13.1 Å². The summed E-state index contributed by atoms with van der Waals surface area (Å²) in [5.74, 6) is 0.247. The van der Waals surface area contributed by atoms with Crippen LogP contribution in [0.2, 0.25) is 5.02 Å². The highest BCUT2D eigenvalue weighted by Crippen LogP contribution is 2.33. The van der Waals surface area contributed by atoms with Crippen molar-refractivity contribution in [2.75, 3.05) is 26.2 Å². The number of pyridine rings is 1. The van der Waals surface area contributed by atoms with Crippen molar-refractivity contribution in [3.05, 3.63) is 70.9 Å². The molecule has 1 aliphatic heterocycles. The third-order valence-corrected chi connectivity index (χ3v) is 5.32. The number of piperazine rings is 1. The van der Waals surface area contributed by atoms with E-state index in [1.165, 1.54) is 5.56 Å². The highest BCUT2D eigenvalue weighted by molar-refractivity contribution is 6.35. The molecule has 0 unspecified atom stereocenters. The number of phenols is 1. The Morgan fingerprint density at radius 1 is 0.923 bits per heavy atom. The average molecular weight is 368 g/mol. The van der Waals surface area contributed by atoms with Gasteiger partial charge in [-0.05, 0) is 23.8 Å². The molecular formula is C21H22ClN3O. The molecular weight excluding hydrogens is 346 g/mol. The Balaban J connectivity index is 1.42. The minimum atomic E-state index is 0.247. The van der Waals surface area contributed by atoms with Crippen molar-refractivity contribution < 1.29 is 5.11 Å². The molecule has 4 rings (SSSR count). The van der Waals surface area contributed by atoms with E-state index < -0.39 is 0 Å². The molecule has 0 aliphatic carbocycles. The average Bonchev–Trinajstić information content (AvgIpc) is 2.68. The number of fused-ring (bicyclic) bond motifs is 1. The van der Waals surface area contributed by atoms with Crippen molar-refractivity contribution >= 4 is 22.5 Å². The molecule has 1 fully saturated rings. The van der Waals surface area contributed by atoms with E-state index in [1.54, 1.807) is 6.20 Å². The van der Waals surface area contributed by atoms with Crippen molar-refractivity contribution in [2.45, 2.75) is 13.1 Å². The second kappa shape index (κ2) is 7.62. The molecule has 2 aromatic carbocycles. The lowest BCUT2D eigenvalue weighted by molar-refractivity contribution is 0.121. The molecule has 5 heteroatoms. The van der Waals surface area contributed by atoms with Crippen molar-refractivity contribution in [3.8, 4) is 5.75 Å². The summed E-state index contributed by atoms with van der Waals surface area (Å²) in [5, 5.41) is 12.0. The number of nitrogens with zero attached hydrogens (tertiary/aromatic N) is 3. The van der Waals surface area contributed by atoms with Crippen LogP contribution >= 0.6 is 11.6 Å². The fourth-order valence-corrected chi connectivity index (χ4v) is 3.83. The molecule has 4 nitrogen and oxygen atoms in total. The maximum Gasteiger partial charge on any atom is 0.146 e. The Bertz CT molecular complexity index is 892. The number of aromatic nitrogens is 1. The zero-order chi connectivity index (χ0) is 17.9. The number of aromatic hydroxyl groups is 1. The first-order valence-corrected chi connectivity index (χ1v) is 9.32. The maximum atomic E-state index is 10.6. The summed E-state index contributed by atoms with van der Waals surface area (Å²) >= 11 is 6.39. The van der Waals surface area contributed by atoms with E-state index in [2.05, 4.69) is 45.1 Å². The van der Waals surface area contributed by atoms with E-state index in [4.69, 9.17) is 11.6 Å². The van der Waals surface area contributed by atoms with Gasteiger partial charge in [0.25, 0.3) is 0 Å². The van der Waals surface area contributed by atoms with E-state index >= 15 is 0 Å². The molecule has 1 saturated heterocycles. The molecule has 0 saturated carbocycles. The van der Waals surface area contributed by atoms with Crippen LogP contribution in [0.1, 0.15) is 11.1 Å². The second-order valence-electron chi connectivity index (χ2n) is 6.80. The fraction of sp³-hybridized carbons (Fsp3) is 0.286. The van der Waals surface area contributed by atoms with Gasteiger partial charge in [0.05, 0.1) is 5.02 Å². The van der Waals surface area contributed by atoms with Crippen molar-refractivity contribution in [1.29, 1.82) is 0 Å². The van der Waals surface area contributed by atoms with Crippen LogP contribution in [0.5, 0.6) is 5.75 Å². The lowest BCUT2D eigenvalue weighted by Gasteiger charge is -2.34. The number of hydrogen-bond acceptors (Lipinski definition) is 4. The molecule has 3 aromatic rings. The van der Waals surface area contributed by atoms with E-state index in [0.717, 1.165) is 43.7 Å². The summed E-state index contributed by atoms with van der Waals surface area (Å²) < 4.78 is 0. The van der Waals surface area contributed by atoms with Gasteiger partial charge >= 0.3 is 0 Å². The third kappa shape index (κ3) is 3.68. The zero-order valence-electron chi connectivity index (χ0n) is 14.6. The number of rotatable bonds is 4. The summed E-state index contributed by atoms with van der Waals surface area (Å²) in [6.07, 6.45) is 1.69. The Morgan fingerprint density at radius 3 is 2.35 bits per heavy atom. The van der Waals surface area contributed by atoms with Gasteiger partial charge in [-0.2, -0.15) is 0 Å². The van der Waals surface area contributed by atoms with Crippen LogP contribution in [0.15, 0.2) is 54.7 Å². The largest absolute Gasteiger partial charge is 0.505 e. The zero-order valence-corrected chi connectivity index (χ0v) is 15.4. The number of hydrogen-bond donors (Lipinski definition) is 1. The standard InChI is InChI=1S/C21H22ClN3O/c22-19-13-17(21(26)20-18(19)7-4-8-23-20)15-25-11-9-24(10-12-25)14-16-5-2-1-3-6-16/h1-8,13,26H,9-12,14-15H2. The molecule has 0 radical (unpaired) electrons. The maximum absolute atomic E-state index is 10.6. The normalized spacial score (nSPS) is 16.2. The van der Waals surface area contributed by atoms with Crippen molar-refractivity contribution in [3.63, 3.8) is 0 Å². The first-order chi connectivity index (χ1) is 12.7. The van der Waals surface area contributed by atoms with Gasteiger partial charge in [-0.3, -0.25) is 14.8 Å².